The lowest BCUT2D eigenvalue weighted by atomic mass is 10.1. The first-order chi connectivity index (χ1) is 7.41. The third-order valence-corrected chi connectivity index (χ3v) is 2.84. The second-order valence-corrected chi connectivity index (χ2v) is 5.00. The van der Waals surface area contributed by atoms with Crippen molar-refractivity contribution < 1.29 is 4.92 Å². The molecule has 0 amide bonds. The maximum Gasteiger partial charge on any atom is 0.273 e. The van der Waals surface area contributed by atoms with E-state index in [-0.39, 0.29) is 10.6 Å². The van der Waals surface area contributed by atoms with Gasteiger partial charge in [0.05, 0.1) is 4.92 Å². The Morgan fingerprint density at radius 2 is 2.12 bits per heavy atom. The van der Waals surface area contributed by atoms with Crippen molar-refractivity contribution in [2.45, 2.75) is 20.8 Å². The number of nitrogens with one attached hydrogen (secondary N) is 1. The van der Waals surface area contributed by atoms with Gasteiger partial charge >= 0.3 is 0 Å². The van der Waals surface area contributed by atoms with Crippen LogP contribution in [0.2, 0.25) is 0 Å². The summed E-state index contributed by atoms with van der Waals surface area (Å²) in [6, 6.07) is 3.34. The van der Waals surface area contributed by atoms with Crippen molar-refractivity contribution in [3.05, 3.63) is 32.3 Å². The van der Waals surface area contributed by atoms with Crippen LogP contribution in [-0.2, 0) is 0 Å². The molecular weight excluding hydrogens is 272 g/mol. The number of halogens is 1. The van der Waals surface area contributed by atoms with Crippen LogP contribution in [0, 0.1) is 23.0 Å². The monoisotopic (exact) mass is 286 g/mol. The fourth-order valence-corrected chi connectivity index (χ4v) is 1.79. The second kappa shape index (κ2) is 5.30. The van der Waals surface area contributed by atoms with Gasteiger partial charge in [-0.2, -0.15) is 0 Å². The SMILES string of the molecule is Cc1cc(NCC(C)C)c(Br)cc1[N+](=O)[O-]. The first kappa shape index (κ1) is 13.0. The van der Waals surface area contributed by atoms with Gasteiger partial charge in [-0.25, -0.2) is 0 Å². The van der Waals surface area contributed by atoms with Gasteiger partial charge < -0.3 is 5.32 Å². The van der Waals surface area contributed by atoms with Crippen LogP contribution in [0.5, 0.6) is 0 Å². The van der Waals surface area contributed by atoms with Crippen LogP contribution in [0.4, 0.5) is 11.4 Å². The van der Waals surface area contributed by atoms with Gasteiger partial charge in [-0.3, -0.25) is 10.1 Å². The first-order valence-electron chi connectivity index (χ1n) is 5.10. The van der Waals surface area contributed by atoms with Crippen molar-refractivity contribution in [1.29, 1.82) is 0 Å². The highest BCUT2D eigenvalue weighted by atomic mass is 79.9. The molecule has 0 aliphatic heterocycles. The van der Waals surface area contributed by atoms with Gasteiger partial charge in [-0.1, -0.05) is 13.8 Å². The second-order valence-electron chi connectivity index (χ2n) is 4.15. The third kappa shape index (κ3) is 3.20. The number of anilines is 1. The molecule has 0 bridgehead atoms. The normalized spacial score (nSPS) is 10.6. The highest BCUT2D eigenvalue weighted by Gasteiger charge is 2.13. The van der Waals surface area contributed by atoms with Crippen LogP contribution in [0.15, 0.2) is 16.6 Å². The zero-order chi connectivity index (χ0) is 12.3. The Morgan fingerprint density at radius 1 is 1.50 bits per heavy atom. The van der Waals surface area contributed by atoms with E-state index in [9.17, 15) is 10.1 Å². The molecule has 0 saturated heterocycles. The molecule has 0 fully saturated rings. The molecule has 0 saturated carbocycles. The van der Waals surface area contributed by atoms with E-state index >= 15 is 0 Å². The van der Waals surface area contributed by atoms with Crippen LogP contribution in [0.25, 0.3) is 0 Å². The quantitative estimate of drug-likeness (QED) is 0.678. The molecule has 1 aromatic rings. The molecule has 0 atom stereocenters. The summed E-state index contributed by atoms with van der Waals surface area (Å²) >= 11 is 3.33. The van der Waals surface area contributed by atoms with Gasteiger partial charge in [0.15, 0.2) is 0 Å². The maximum atomic E-state index is 10.7. The Balaban J connectivity index is 2.96. The van der Waals surface area contributed by atoms with Crippen molar-refractivity contribution in [3.8, 4) is 0 Å². The molecule has 0 unspecified atom stereocenters. The van der Waals surface area contributed by atoms with Crippen molar-refractivity contribution in [2.24, 2.45) is 5.92 Å². The van der Waals surface area contributed by atoms with E-state index in [0.717, 1.165) is 16.7 Å². The molecular formula is C11H15BrN2O2. The van der Waals surface area contributed by atoms with Crippen LogP contribution < -0.4 is 5.32 Å². The Kier molecular flexibility index (Phi) is 4.29. The van der Waals surface area contributed by atoms with Gasteiger partial charge in [0.2, 0.25) is 0 Å². The molecule has 1 aromatic carbocycles. The molecule has 0 aromatic heterocycles. The average Bonchev–Trinajstić information content (AvgIpc) is 2.18. The smallest absolute Gasteiger partial charge is 0.273 e. The molecule has 1 N–H and O–H groups in total. The predicted molar refractivity (Wildman–Crippen MR) is 68.9 cm³/mol. The van der Waals surface area contributed by atoms with Gasteiger partial charge in [0.1, 0.15) is 0 Å². The number of nitrogens with zero attached hydrogens (tertiary/aromatic N) is 1. The van der Waals surface area contributed by atoms with E-state index < -0.39 is 0 Å². The summed E-state index contributed by atoms with van der Waals surface area (Å²) in [5.41, 5.74) is 1.71. The minimum atomic E-state index is -0.369. The summed E-state index contributed by atoms with van der Waals surface area (Å²) in [5, 5.41) is 14.0. The van der Waals surface area contributed by atoms with E-state index in [0.29, 0.717) is 11.5 Å². The Labute approximate surface area is 103 Å². The number of nitro groups is 1. The third-order valence-electron chi connectivity index (χ3n) is 2.18. The largest absolute Gasteiger partial charge is 0.384 e. The number of nitro benzene ring substituents is 1. The lowest BCUT2D eigenvalue weighted by molar-refractivity contribution is -0.385. The summed E-state index contributed by atoms with van der Waals surface area (Å²) in [5.74, 6) is 0.530. The first-order valence-corrected chi connectivity index (χ1v) is 5.89. The Bertz CT molecular complexity index is 405. The van der Waals surface area contributed by atoms with Crippen LogP contribution >= 0.6 is 15.9 Å². The van der Waals surface area contributed by atoms with Crippen molar-refractivity contribution >= 4 is 27.3 Å². The molecule has 0 aliphatic carbocycles. The summed E-state index contributed by atoms with van der Waals surface area (Å²) in [6.07, 6.45) is 0. The van der Waals surface area contributed by atoms with Crippen molar-refractivity contribution in [2.75, 3.05) is 11.9 Å². The molecule has 0 aliphatic rings. The van der Waals surface area contributed by atoms with E-state index in [1.807, 2.05) is 0 Å². The molecule has 5 heteroatoms. The standard InChI is InChI=1S/C11H15BrN2O2/c1-7(2)6-13-10-4-8(3)11(14(15)16)5-9(10)12/h4-5,7,13H,6H2,1-3H3. The molecule has 16 heavy (non-hydrogen) atoms. The topological polar surface area (TPSA) is 55.2 Å². The number of benzene rings is 1. The van der Waals surface area contributed by atoms with Crippen LogP contribution in [-0.4, -0.2) is 11.5 Å². The Hall–Kier alpha value is -1.10. The molecule has 1 rings (SSSR count). The summed E-state index contributed by atoms with van der Waals surface area (Å²) in [4.78, 5) is 10.3. The summed E-state index contributed by atoms with van der Waals surface area (Å²) in [7, 11) is 0. The maximum absolute atomic E-state index is 10.7. The fourth-order valence-electron chi connectivity index (χ4n) is 1.32. The Morgan fingerprint density at radius 3 is 2.62 bits per heavy atom. The highest BCUT2D eigenvalue weighted by molar-refractivity contribution is 9.10. The molecule has 0 spiro atoms. The molecule has 88 valence electrons. The summed E-state index contributed by atoms with van der Waals surface area (Å²) < 4.78 is 0.727. The van der Waals surface area contributed by atoms with Gasteiger partial charge in [-0.05, 0) is 34.8 Å². The lowest BCUT2D eigenvalue weighted by Gasteiger charge is -2.11. The van der Waals surface area contributed by atoms with Gasteiger partial charge in [0, 0.05) is 28.3 Å². The fraction of sp³-hybridized carbons (Fsp3) is 0.455. The number of hydrogen-bond acceptors (Lipinski definition) is 3. The van der Waals surface area contributed by atoms with Crippen molar-refractivity contribution in [3.63, 3.8) is 0 Å². The lowest BCUT2D eigenvalue weighted by Crippen LogP contribution is -2.08. The summed E-state index contributed by atoms with van der Waals surface area (Å²) in [6.45, 7) is 6.80. The molecule has 0 radical (unpaired) electrons. The average molecular weight is 287 g/mol. The van der Waals surface area contributed by atoms with Crippen LogP contribution in [0.1, 0.15) is 19.4 Å². The highest BCUT2D eigenvalue weighted by Crippen LogP contribution is 2.30. The zero-order valence-electron chi connectivity index (χ0n) is 9.58. The minimum absolute atomic E-state index is 0.141. The number of hydrogen-bond donors (Lipinski definition) is 1. The van der Waals surface area contributed by atoms with E-state index in [4.69, 9.17) is 0 Å². The number of aryl methyl sites for hydroxylation is 1. The number of rotatable bonds is 4. The molecule has 0 heterocycles. The van der Waals surface area contributed by atoms with E-state index in [1.54, 1.807) is 13.0 Å². The van der Waals surface area contributed by atoms with Crippen LogP contribution in [0.3, 0.4) is 0 Å². The van der Waals surface area contributed by atoms with E-state index in [2.05, 4.69) is 35.1 Å². The van der Waals surface area contributed by atoms with Gasteiger partial charge in [0.25, 0.3) is 5.69 Å². The van der Waals surface area contributed by atoms with Crippen molar-refractivity contribution in [1.82, 2.24) is 0 Å². The van der Waals surface area contributed by atoms with Gasteiger partial charge in [-0.15, -0.1) is 0 Å². The van der Waals surface area contributed by atoms with E-state index in [1.165, 1.54) is 6.07 Å². The predicted octanol–water partition coefficient (Wildman–Crippen LogP) is 3.73. The minimum Gasteiger partial charge on any atom is -0.384 e. The zero-order valence-corrected chi connectivity index (χ0v) is 11.2. The molecule has 4 nitrogen and oxygen atoms in total.